The highest BCUT2D eigenvalue weighted by molar-refractivity contribution is 7.99. The Hall–Kier alpha value is -6.61. The molecule has 1 spiro atoms. The topological polar surface area (TPSA) is 3.24 Å². The fourth-order valence-electron chi connectivity index (χ4n) is 11.4. The summed E-state index contributed by atoms with van der Waals surface area (Å²) in [6.45, 7) is 9.62. The molecule has 1 heterocycles. The molecule has 0 amide bonds. The molecule has 1 aliphatic heterocycles. The highest BCUT2D eigenvalue weighted by Crippen LogP contribution is 2.64. The fourth-order valence-corrected chi connectivity index (χ4v) is 12.7. The van der Waals surface area contributed by atoms with Crippen LogP contribution >= 0.6 is 11.8 Å². The van der Waals surface area contributed by atoms with Crippen LogP contribution in [0.3, 0.4) is 0 Å². The van der Waals surface area contributed by atoms with Crippen LogP contribution in [-0.4, -0.2) is 0 Å². The average molecular weight is 800 g/mol. The van der Waals surface area contributed by atoms with E-state index in [1.807, 2.05) is 11.8 Å². The van der Waals surface area contributed by atoms with Gasteiger partial charge in [0.25, 0.3) is 0 Å². The van der Waals surface area contributed by atoms with Crippen LogP contribution in [0, 0.1) is 0 Å². The minimum absolute atomic E-state index is 0.135. The molecule has 292 valence electrons. The summed E-state index contributed by atoms with van der Waals surface area (Å²) in [5.74, 6) is 0. The zero-order valence-electron chi connectivity index (χ0n) is 34.9. The van der Waals surface area contributed by atoms with Gasteiger partial charge in [-0.3, -0.25) is 0 Å². The number of benzene rings is 9. The van der Waals surface area contributed by atoms with E-state index in [4.69, 9.17) is 0 Å². The predicted octanol–water partition coefficient (Wildman–Crippen LogP) is 15.8. The van der Waals surface area contributed by atoms with Crippen molar-refractivity contribution < 1.29 is 0 Å². The summed E-state index contributed by atoms with van der Waals surface area (Å²) >= 11 is 1.92. The zero-order chi connectivity index (χ0) is 41.1. The van der Waals surface area contributed by atoms with Crippen molar-refractivity contribution >= 4 is 39.6 Å². The van der Waals surface area contributed by atoms with Crippen molar-refractivity contribution in [3.63, 3.8) is 0 Å². The molecule has 61 heavy (non-hydrogen) atoms. The summed E-state index contributed by atoms with van der Waals surface area (Å²) in [6, 6.07) is 75.4. The van der Waals surface area contributed by atoms with E-state index in [1.54, 1.807) is 0 Å². The van der Waals surface area contributed by atoms with Crippen LogP contribution in [0.25, 0.3) is 33.0 Å². The van der Waals surface area contributed by atoms with Gasteiger partial charge in [0.15, 0.2) is 0 Å². The largest absolute Gasteiger partial charge is 0.309 e. The highest BCUT2D eigenvalue weighted by atomic mass is 32.2. The number of anilines is 3. The SMILES string of the molecule is CC1(C)c2ccccc2-c2ccc(N(c3ccc(-c4ccccc4)cc3)c3cccc4c3Sc3ccccc3C43c4ccccc4C(C)(C)c4c3ccc3ccccc43)cc21. The van der Waals surface area contributed by atoms with Crippen molar-refractivity contribution in [2.75, 3.05) is 4.90 Å². The summed E-state index contributed by atoms with van der Waals surface area (Å²) in [6.07, 6.45) is 0. The van der Waals surface area contributed by atoms with E-state index < -0.39 is 5.41 Å². The minimum atomic E-state index is -0.553. The Balaban J connectivity index is 1.15. The van der Waals surface area contributed by atoms with E-state index in [1.165, 1.54) is 93.0 Å². The van der Waals surface area contributed by atoms with Crippen molar-refractivity contribution in [2.24, 2.45) is 0 Å². The summed E-state index contributed by atoms with van der Waals surface area (Å²) in [5, 5.41) is 2.61. The Morgan fingerprint density at radius 3 is 1.84 bits per heavy atom. The van der Waals surface area contributed by atoms with E-state index in [0.29, 0.717) is 0 Å². The second-order valence-electron chi connectivity index (χ2n) is 18.0. The lowest BCUT2D eigenvalue weighted by Gasteiger charge is -2.51. The average Bonchev–Trinajstić information content (AvgIpc) is 3.53. The van der Waals surface area contributed by atoms with E-state index in [-0.39, 0.29) is 10.8 Å². The van der Waals surface area contributed by atoms with Gasteiger partial charge in [-0.1, -0.05) is 203 Å². The first-order chi connectivity index (χ1) is 29.8. The molecule has 0 saturated carbocycles. The molecule has 1 nitrogen and oxygen atoms in total. The van der Waals surface area contributed by atoms with E-state index in [2.05, 4.69) is 233 Å². The molecule has 1 atom stereocenters. The third-order valence-electron chi connectivity index (χ3n) is 14.2. The van der Waals surface area contributed by atoms with Crippen LogP contribution in [0.1, 0.15) is 72.2 Å². The Labute approximate surface area is 363 Å². The van der Waals surface area contributed by atoms with Gasteiger partial charge >= 0.3 is 0 Å². The zero-order valence-corrected chi connectivity index (χ0v) is 35.7. The molecule has 1 unspecified atom stereocenters. The summed E-state index contributed by atoms with van der Waals surface area (Å²) < 4.78 is 0. The van der Waals surface area contributed by atoms with Crippen molar-refractivity contribution in [1.82, 2.24) is 0 Å². The maximum absolute atomic E-state index is 2.53. The number of hydrogen-bond donors (Lipinski definition) is 0. The van der Waals surface area contributed by atoms with Crippen LogP contribution in [0.15, 0.2) is 210 Å². The molecular weight excluding hydrogens is 755 g/mol. The van der Waals surface area contributed by atoms with Crippen molar-refractivity contribution in [1.29, 1.82) is 0 Å². The fraction of sp³-hybridized carbons (Fsp3) is 0.119. The van der Waals surface area contributed by atoms with Gasteiger partial charge in [0.2, 0.25) is 0 Å². The molecule has 0 fully saturated rings. The quantitative estimate of drug-likeness (QED) is 0.174. The normalized spacial score (nSPS) is 17.1. The molecule has 12 rings (SSSR count). The summed E-state index contributed by atoms with van der Waals surface area (Å²) in [4.78, 5) is 5.10. The molecule has 9 aromatic rings. The van der Waals surface area contributed by atoms with Gasteiger partial charge < -0.3 is 4.90 Å². The molecule has 9 aromatic carbocycles. The molecule has 0 aromatic heterocycles. The van der Waals surface area contributed by atoms with E-state index >= 15 is 0 Å². The van der Waals surface area contributed by atoms with Gasteiger partial charge in [0.1, 0.15) is 0 Å². The van der Waals surface area contributed by atoms with Gasteiger partial charge in [-0.15, -0.1) is 0 Å². The second-order valence-corrected chi connectivity index (χ2v) is 19.1. The highest BCUT2D eigenvalue weighted by Gasteiger charge is 2.53. The van der Waals surface area contributed by atoms with Gasteiger partial charge in [0.05, 0.1) is 11.1 Å². The first-order valence-corrected chi connectivity index (χ1v) is 22.3. The second kappa shape index (κ2) is 13.2. The Morgan fingerprint density at radius 1 is 0.393 bits per heavy atom. The Bertz CT molecular complexity index is 3230. The monoisotopic (exact) mass is 799 g/mol. The Kier molecular flexibility index (Phi) is 7.84. The third kappa shape index (κ3) is 5.03. The molecule has 0 N–H and O–H groups in total. The van der Waals surface area contributed by atoms with Gasteiger partial charge in [-0.25, -0.2) is 0 Å². The lowest BCUT2D eigenvalue weighted by Crippen LogP contribution is -2.43. The Morgan fingerprint density at radius 2 is 1.02 bits per heavy atom. The lowest BCUT2D eigenvalue weighted by atomic mass is 9.53. The maximum Gasteiger partial charge on any atom is 0.0730 e. The first-order valence-electron chi connectivity index (χ1n) is 21.5. The lowest BCUT2D eigenvalue weighted by molar-refractivity contribution is 0.554. The van der Waals surface area contributed by atoms with Crippen LogP contribution in [0.2, 0.25) is 0 Å². The maximum atomic E-state index is 2.53. The van der Waals surface area contributed by atoms with E-state index in [0.717, 1.165) is 11.4 Å². The van der Waals surface area contributed by atoms with Crippen LogP contribution < -0.4 is 4.90 Å². The number of nitrogens with zero attached hydrogens (tertiary/aromatic N) is 1. The van der Waals surface area contributed by atoms with Crippen LogP contribution in [0.5, 0.6) is 0 Å². The van der Waals surface area contributed by atoms with Crippen molar-refractivity contribution in [3.8, 4) is 22.3 Å². The molecule has 0 bridgehead atoms. The molecule has 2 heteroatoms. The van der Waals surface area contributed by atoms with E-state index in [9.17, 15) is 0 Å². The standard InChI is InChI=1S/C59H45NS/c1-57(2)46-22-11-10-21-44(46)45-35-34-42(37-52(45)57)60(41-32-29-39(30-33-41)38-17-6-5-7-18-38)53-27-16-26-51-56(53)61-54-28-15-14-25-49(54)59(51)48-24-13-12-23-47(48)58(3,4)55-43-20-9-8-19-40(43)31-36-50(55)59/h5-37H,1-4H3. The number of hydrogen-bond acceptors (Lipinski definition) is 2. The summed E-state index contributed by atoms with van der Waals surface area (Å²) in [5.41, 5.74) is 18.6. The predicted molar refractivity (Wildman–Crippen MR) is 256 cm³/mol. The first kappa shape index (κ1) is 36.3. The minimum Gasteiger partial charge on any atom is -0.309 e. The van der Waals surface area contributed by atoms with Gasteiger partial charge in [-0.2, -0.15) is 0 Å². The number of rotatable bonds is 4. The van der Waals surface area contributed by atoms with Gasteiger partial charge in [0, 0.05) is 32.0 Å². The molecular formula is C59H45NS. The molecule has 0 saturated heterocycles. The van der Waals surface area contributed by atoms with Crippen LogP contribution in [-0.2, 0) is 16.2 Å². The summed E-state index contributed by atoms with van der Waals surface area (Å²) in [7, 11) is 0. The smallest absolute Gasteiger partial charge is 0.0730 e. The van der Waals surface area contributed by atoms with Crippen LogP contribution in [0.4, 0.5) is 17.1 Å². The number of fused-ring (bicyclic) bond motifs is 13. The molecule has 3 aliphatic rings. The molecule has 2 aliphatic carbocycles. The van der Waals surface area contributed by atoms with Gasteiger partial charge in [-0.05, 0) is 114 Å². The molecule has 0 radical (unpaired) electrons. The third-order valence-corrected chi connectivity index (χ3v) is 15.4. The van der Waals surface area contributed by atoms with Crippen molar-refractivity contribution in [2.45, 2.75) is 53.7 Å². The van der Waals surface area contributed by atoms with Crippen molar-refractivity contribution in [3.05, 3.63) is 245 Å².